The van der Waals surface area contributed by atoms with Gasteiger partial charge in [0.2, 0.25) is 5.17 Å². The van der Waals surface area contributed by atoms with Gasteiger partial charge in [0.15, 0.2) is 5.84 Å². The fourth-order valence-corrected chi connectivity index (χ4v) is 4.60. The monoisotopic (exact) mass is 439 g/mol. The van der Waals surface area contributed by atoms with E-state index in [4.69, 9.17) is 17.0 Å². The lowest BCUT2D eigenvalue weighted by molar-refractivity contribution is -0.114. The highest BCUT2D eigenvalue weighted by atomic mass is 35.5. The molecule has 30 heavy (non-hydrogen) atoms. The Hall–Kier alpha value is -2.64. The van der Waals surface area contributed by atoms with Gasteiger partial charge in [0.1, 0.15) is 5.04 Å². The van der Waals surface area contributed by atoms with E-state index in [-0.39, 0.29) is 17.3 Å². The average molecular weight is 440 g/mol. The molecule has 0 bridgehead atoms. The Labute approximate surface area is 184 Å². The lowest BCUT2D eigenvalue weighted by Crippen LogP contribution is -2.35. The number of aromatic nitrogens is 1. The molecule has 0 saturated carbocycles. The van der Waals surface area contributed by atoms with Gasteiger partial charge in [-0.15, -0.1) is 0 Å². The number of fused-ring (bicyclic) bond motifs is 1. The standard InChI is InChI=1S/C22H22ClN5OS/c1-11(2)21-26-28-19(24)16(20(29)25-22(28)30-21)10-15-9-12(3)27(14(15)5)18-8-6-7-17(23)13(18)4/h6-11,24H,1-5H3/b16-10-,24-19?. The van der Waals surface area contributed by atoms with Crippen molar-refractivity contribution in [1.82, 2.24) is 9.58 Å². The van der Waals surface area contributed by atoms with E-state index in [1.54, 1.807) is 6.08 Å². The van der Waals surface area contributed by atoms with Crippen LogP contribution in [0.5, 0.6) is 0 Å². The minimum atomic E-state index is -0.414. The van der Waals surface area contributed by atoms with E-state index in [0.717, 1.165) is 33.2 Å². The number of nitrogens with zero attached hydrogens (tertiary/aromatic N) is 4. The number of nitrogens with one attached hydrogen (secondary N) is 1. The van der Waals surface area contributed by atoms with E-state index < -0.39 is 5.91 Å². The molecule has 1 aromatic heterocycles. The quantitative estimate of drug-likeness (QED) is 0.656. The van der Waals surface area contributed by atoms with Crippen LogP contribution in [-0.2, 0) is 4.79 Å². The molecule has 2 aromatic rings. The van der Waals surface area contributed by atoms with E-state index >= 15 is 0 Å². The molecule has 0 aliphatic carbocycles. The first-order chi connectivity index (χ1) is 14.2. The Kier molecular flexibility index (Phi) is 5.20. The summed E-state index contributed by atoms with van der Waals surface area (Å²) in [5.74, 6) is -0.155. The SMILES string of the molecule is Cc1c(Cl)cccc1-n1c(C)cc(/C=C2/C(=N)N3N=C(C(C)C)SC3=NC2=O)c1C. The minimum Gasteiger partial charge on any atom is -0.318 e. The second kappa shape index (κ2) is 7.56. The van der Waals surface area contributed by atoms with Crippen LogP contribution in [0.1, 0.15) is 36.4 Å². The number of aryl methyl sites for hydroxylation is 1. The van der Waals surface area contributed by atoms with Gasteiger partial charge in [-0.3, -0.25) is 10.2 Å². The predicted molar refractivity (Wildman–Crippen MR) is 125 cm³/mol. The molecule has 8 heteroatoms. The lowest BCUT2D eigenvalue weighted by atomic mass is 10.1. The van der Waals surface area contributed by atoms with Crippen molar-refractivity contribution in [2.75, 3.05) is 0 Å². The molecular formula is C22H22ClN5OS. The van der Waals surface area contributed by atoms with E-state index in [0.29, 0.717) is 10.2 Å². The van der Waals surface area contributed by atoms with Crippen LogP contribution >= 0.6 is 23.4 Å². The first-order valence-corrected chi connectivity index (χ1v) is 10.8. The number of benzene rings is 1. The van der Waals surface area contributed by atoms with E-state index in [9.17, 15) is 4.79 Å². The highest BCUT2D eigenvalue weighted by Gasteiger charge is 2.36. The number of thioether (sulfide) groups is 1. The van der Waals surface area contributed by atoms with Crippen LogP contribution in [0.15, 0.2) is 39.9 Å². The van der Waals surface area contributed by atoms with Crippen LogP contribution in [0, 0.1) is 32.1 Å². The highest BCUT2D eigenvalue weighted by molar-refractivity contribution is 8.27. The molecule has 0 atom stereocenters. The van der Waals surface area contributed by atoms with E-state index in [1.165, 1.54) is 16.8 Å². The molecule has 4 rings (SSSR count). The van der Waals surface area contributed by atoms with E-state index in [2.05, 4.69) is 14.7 Å². The molecule has 1 N–H and O–H groups in total. The van der Waals surface area contributed by atoms with Gasteiger partial charge < -0.3 is 4.57 Å². The molecule has 3 heterocycles. The van der Waals surface area contributed by atoms with Gasteiger partial charge in [-0.1, -0.05) is 31.5 Å². The van der Waals surface area contributed by atoms with Gasteiger partial charge in [0.25, 0.3) is 5.91 Å². The molecule has 2 aliphatic heterocycles. The predicted octanol–water partition coefficient (Wildman–Crippen LogP) is 5.33. The molecule has 0 unspecified atom stereocenters. The van der Waals surface area contributed by atoms with Crippen molar-refractivity contribution in [2.24, 2.45) is 16.0 Å². The van der Waals surface area contributed by atoms with Gasteiger partial charge in [-0.25, -0.2) is 0 Å². The number of aliphatic imine (C=N–C) groups is 1. The fraction of sp³-hybridized carbons (Fsp3) is 0.273. The van der Waals surface area contributed by atoms with Crippen LogP contribution in [0.2, 0.25) is 5.02 Å². The molecule has 154 valence electrons. The number of rotatable bonds is 3. The second-order valence-electron chi connectivity index (χ2n) is 7.66. The summed E-state index contributed by atoms with van der Waals surface area (Å²) in [5.41, 5.74) is 5.05. The van der Waals surface area contributed by atoms with Gasteiger partial charge >= 0.3 is 0 Å². The first kappa shape index (κ1) is 20.6. The number of carbonyl (C=O) groups is 1. The van der Waals surface area contributed by atoms with Crippen molar-refractivity contribution in [1.29, 1.82) is 5.41 Å². The summed E-state index contributed by atoms with van der Waals surface area (Å²) in [6.45, 7) is 10.0. The van der Waals surface area contributed by atoms with Crippen molar-refractivity contribution >= 4 is 51.4 Å². The van der Waals surface area contributed by atoms with Crippen molar-refractivity contribution in [3.05, 3.63) is 57.4 Å². The number of amidine groups is 2. The number of carbonyl (C=O) groups excluding carboxylic acids is 1. The Morgan fingerprint density at radius 1 is 1.23 bits per heavy atom. The zero-order valence-electron chi connectivity index (χ0n) is 17.4. The van der Waals surface area contributed by atoms with E-state index in [1.807, 2.05) is 58.9 Å². The zero-order chi connectivity index (χ0) is 21.7. The third-order valence-corrected chi connectivity index (χ3v) is 6.83. The third-order valence-electron chi connectivity index (χ3n) is 5.21. The summed E-state index contributed by atoms with van der Waals surface area (Å²) in [6, 6.07) is 7.82. The summed E-state index contributed by atoms with van der Waals surface area (Å²) in [6.07, 6.45) is 1.73. The minimum absolute atomic E-state index is 0.0527. The van der Waals surface area contributed by atoms with Crippen molar-refractivity contribution < 1.29 is 4.79 Å². The molecule has 0 fully saturated rings. The van der Waals surface area contributed by atoms with Gasteiger partial charge in [0, 0.05) is 28.0 Å². The van der Waals surface area contributed by atoms with Crippen LogP contribution in [-0.4, -0.2) is 31.5 Å². The third kappa shape index (κ3) is 3.32. The fourth-order valence-electron chi connectivity index (χ4n) is 3.54. The number of hydrazone groups is 1. The molecule has 0 spiro atoms. The highest BCUT2D eigenvalue weighted by Crippen LogP contribution is 2.32. The van der Waals surface area contributed by atoms with Crippen molar-refractivity contribution in [3.63, 3.8) is 0 Å². The molecule has 0 saturated heterocycles. The van der Waals surface area contributed by atoms with Crippen LogP contribution in [0.4, 0.5) is 0 Å². The Morgan fingerprint density at radius 2 is 1.97 bits per heavy atom. The molecule has 1 aromatic carbocycles. The summed E-state index contributed by atoms with van der Waals surface area (Å²) in [4.78, 5) is 16.9. The normalized spacial score (nSPS) is 17.7. The molecule has 2 aliphatic rings. The maximum atomic E-state index is 12.7. The first-order valence-electron chi connectivity index (χ1n) is 9.63. The number of halogens is 1. The van der Waals surface area contributed by atoms with Gasteiger partial charge in [-0.05, 0) is 67.9 Å². The maximum absolute atomic E-state index is 12.7. The van der Waals surface area contributed by atoms with Crippen LogP contribution in [0.25, 0.3) is 11.8 Å². The molecular weight excluding hydrogens is 418 g/mol. The van der Waals surface area contributed by atoms with Gasteiger partial charge in [-0.2, -0.15) is 15.1 Å². The van der Waals surface area contributed by atoms with Crippen LogP contribution in [0.3, 0.4) is 0 Å². The topological polar surface area (TPSA) is 73.8 Å². The largest absolute Gasteiger partial charge is 0.318 e. The summed E-state index contributed by atoms with van der Waals surface area (Å²) in [7, 11) is 0. The maximum Gasteiger partial charge on any atom is 0.283 e. The number of hydrogen-bond donors (Lipinski definition) is 1. The summed E-state index contributed by atoms with van der Waals surface area (Å²) in [5, 5.41) is 16.5. The average Bonchev–Trinajstić information content (AvgIpc) is 3.23. The second-order valence-corrected chi connectivity index (χ2v) is 9.05. The number of amides is 1. The van der Waals surface area contributed by atoms with Crippen molar-refractivity contribution in [3.8, 4) is 5.69 Å². The molecule has 1 amide bonds. The molecule has 6 nitrogen and oxygen atoms in total. The Bertz CT molecular complexity index is 1190. The smallest absolute Gasteiger partial charge is 0.283 e. The summed E-state index contributed by atoms with van der Waals surface area (Å²) >= 11 is 7.67. The zero-order valence-corrected chi connectivity index (χ0v) is 19.0. The summed E-state index contributed by atoms with van der Waals surface area (Å²) < 4.78 is 2.11. The van der Waals surface area contributed by atoms with Gasteiger partial charge in [0.05, 0.1) is 5.57 Å². The lowest BCUT2D eigenvalue weighted by Gasteiger charge is -2.20. The van der Waals surface area contributed by atoms with Crippen molar-refractivity contribution in [2.45, 2.75) is 34.6 Å². The van der Waals surface area contributed by atoms with Crippen LogP contribution < -0.4 is 0 Å². The number of hydrogen-bond acceptors (Lipinski definition) is 4. The Morgan fingerprint density at radius 3 is 2.67 bits per heavy atom. The Balaban J connectivity index is 1.77. The molecule has 0 radical (unpaired) electrons.